The summed E-state index contributed by atoms with van der Waals surface area (Å²) in [6, 6.07) is 8.44. The molecule has 13 heteroatoms. The quantitative estimate of drug-likeness (QED) is 0.340. The molecule has 0 aliphatic carbocycles. The third kappa shape index (κ3) is 4.71. The van der Waals surface area contributed by atoms with E-state index in [9.17, 15) is 41.3 Å². The molecule has 3 rings (SSSR count). The Morgan fingerprint density at radius 1 is 1.03 bits per heavy atom. The van der Waals surface area contributed by atoms with Gasteiger partial charge in [-0.15, -0.1) is 0 Å². The highest BCUT2D eigenvalue weighted by molar-refractivity contribution is 5.95. The molecule has 0 unspecified atom stereocenters. The van der Waals surface area contributed by atoms with E-state index in [0.717, 1.165) is 30.3 Å². The molecule has 7 nitrogen and oxygen atoms in total. The molecule has 1 heterocycles. The van der Waals surface area contributed by atoms with E-state index in [0.29, 0.717) is 6.20 Å². The van der Waals surface area contributed by atoms with Gasteiger partial charge in [0, 0.05) is 12.6 Å². The minimum absolute atomic E-state index is 0.00724. The number of hydrogen-bond acceptors (Lipinski definition) is 4. The van der Waals surface area contributed by atoms with Crippen molar-refractivity contribution in [2.24, 2.45) is 0 Å². The number of aromatic nitrogens is 2. The average Bonchev–Trinajstić information content (AvgIpc) is 3.17. The van der Waals surface area contributed by atoms with E-state index >= 15 is 0 Å². The van der Waals surface area contributed by atoms with Gasteiger partial charge in [-0.2, -0.15) is 31.4 Å². The molecule has 0 saturated carbocycles. The first-order chi connectivity index (χ1) is 14.9. The largest absolute Gasteiger partial charge is 0.434 e. The van der Waals surface area contributed by atoms with Crippen LogP contribution in [0.4, 0.5) is 32.0 Å². The topological polar surface area (TPSA) is 90.1 Å². The van der Waals surface area contributed by atoms with Crippen LogP contribution >= 0.6 is 0 Å². The van der Waals surface area contributed by atoms with Crippen LogP contribution in [0.5, 0.6) is 0 Å². The predicted molar refractivity (Wildman–Crippen MR) is 97.8 cm³/mol. The molecule has 0 spiro atoms. The molecule has 0 bridgehead atoms. The Bertz CT molecular complexity index is 1170. The lowest BCUT2D eigenvalue weighted by Crippen LogP contribution is -2.26. The third-order valence-electron chi connectivity index (χ3n) is 4.30. The van der Waals surface area contributed by atoms with Crippen molar-refractivity contribution in [3.63, 3.8) is 0 Å². The summed E-state index contributed by atoms with van der Waals surface area (Å²) < 4.78 is 79.8. The lowest BCUT2D eigenvalue weighted by atomic mass is 10.1. The Morgan fingerprint density at radius 2 is 1.72 bits per heavy atom. The van der Waals surface area contributed by atoms with E-state index in [1.165, 1.54) is 18.2 Å². The Balaban J connectivity index is 1.94. The maximum Gasteiger partial charge on any atom is 0.434 e. The summed E-state index contributed by atoms with van der Waals surface area (Å²) in [7, 11) is 0. The standard InChI is InChI=1S/C19H12F6N4O3/c20-18(21,22)12-5-3-4-11(8-12)9-26-17(30)13-10-27-28(16(13)19(23,24)25)14-6-1-2-7-15(14)29(31)32/h1-8,10H,9H2,(H,26,30). The number of nitro benzene ring substituents is 1. The number of rotatable bonds is 5. The second-order valence-electron chi connectivity index (χ2n) is 6.44. The highest BCUT2D eigenvalue weighted by Gasteiger charge is 2.41. The van der Waals surface area contributed by atoms with Crippen molar-refractivity contribution in [2.75, 3.05) is 0 Å². The van der Waals surface area contributed by atoms with Gasteiger partial charge in [0.25, 0.3) is 11.6 Å². The first kappa shape index (κ1) is 22.8. The fourth-order valence-electron chi connectivity index (χ4n) is 2.90. The van der Waals surface area contributed by atoms with E-state index in [-0.39, 0.29) is 10.2 Å². The van der Waals surface area contributed by atoms with Crippen molar-refractivity contribution < 1.29 is 36.1 Å². The molecule has 168 valence electrons. The highest BCUT2D eigenvalue weighted by Crippen LogP contribution is 2.35. The van der Waals surface area contributed by atoms with Crippen LogP contribution in [0, 0.1) is 10.1 Å². The van der Waals surface area contributed by atoms with Crippen LogP contribution in [0.25, 0.3) is 5.69 Å². The molecule has 1 aromatic heterocycles. The Morgan fingerprint density at radius 3 is 2.34 bits per heavy atom. The van der Waals surface area contributed by atoms with Crippen molar-refractivity contribution in [2.45, 2.75) is 18.9 Å². The molecule has 32 heavy (non-hydrogen) atoms. The zero-order valence-corrected chi connectivity index (χ0v) is 15.7. The number of hydrogen-bond donors (Lipinski definition) is 1. The van der Waals surface area contributed by atoms with Gasteiger partial charge in [-0.25, -0.2) is 4.68 Å². The van der Waals surface area contributed by atoms with Crippen LogP contribution < -0.4 is 5.32 Å². The molecule has 0 aliphatic heterocycles. The van der Waals surface area contributed by atoms with Gasteiger partial charge in [0.1, 0.15) is 5.69 Å². The van der Waals surface area contributed by atoms with E-state index in [4.69, 9.17) is 0 Å². The van der Waals surface area contributed by atoms with Crippen LogP contribution in [0.2, 0.25) is 0 Å². The molecule has 1 amide bonds. The van der Waals surface area contributed by atoms with Crippen LogP contribution in [0.1, 0.15) is 27.2 Å². The molecular weight excluding hydrogens is 446 g/mol. The smallest absolute Gasteiger partial charge is 0.348 e. The molecule has 0 radical (unpaired) electrons. The van der Waals surface area contributed by atoms with Gasteiger partial charge in [-0.3, -0.25) is 14.9 Å². The Hall–Kier alpha value is -3.90. The maximum atomic E-state index is 13.7. The number of nitrogens with one attached hydrogen (secondary N) is 1. The molecule has 2 aromatic carbocycles. The summed E-state index contributed by atoms with van der Waals surface area (Å²) in [6.45, 7) is -0.489. The molecule has 1 N–H and O–H groups in total. The number of nitro groups is 1. The van der Waals surface area contributed by atoms with Gasteiger partial charge in [-0.05, 0) is 23.8 Å². The fourth-order valence-corrected chi connectivity index (χ4v) is 2.90. The minimum Gasteiger partial charge on any atom is -0.348 e. The van der Waals surface area contributed by atoms with Crippen molar-refractivity contribution in [3.05, 3.63) is 87.2 Å². The molecular formula is C19H12F6N4O3. The summed E-state index contributed by atoms with van der Waals surface area (Å²) in [4.78, 5) is 22.7. The highest BCUT2D eigenvalue weighted by atomic mass is 19.4. The number of benzene rings is 2. The SMILES string of the molecule is O=C(NCc1cccc(C(F)(F)F)c1)c1cnn(-c2ccccc2[N+](=O)[O-])c1C(F)(F)F. The van der Waals surface area contributed by atoms with E-state index < -0.39 is 57.9 Å². The van der Waals surface area contributed by atoms with Crippen molar-refractivity contribution in [1.82, 2.24) is 15.1 Å². The van der Waals surface area contributed by atoms with E-state index in [2.05, 4.69) is 10.4 Å². The van der Waals surface area contributed by atoms with Gasteiger partial charge in [0.2, 0.25) is 0 Å². The zero-order chi connectivity index (χ0) is 23.7. The first-order valence-corrected chi connectivity index (χ1v) is 8.73. The van der Waals surface area contributed by atoms with Gasteiger partial charge in [-0.1, -0.05) is 24.3 Å². The number of amides is 1. The van der Waals surface area contributed by atoms with Gasteiger partial charge in [0.15, 0.2) is 5.69 Å². The summed E-state index contributed by atoms with van der Waals surface area (Å²) >= 11 is 0. The minimum atomic E-state index is -5.12. The molecule has 3 aromatic rings. The van der Waals surface area contributed by atoms with E-state index in [1.807, 2.05) is 0 Å². The summed E-state index contributed by atoms with van der Waals surface area (Å²) in [5.41, 5.74) is -4.66. The summed E-state index contributed by atoms with van der Waals surface area (Å²) in [5.74, 6) is -1.26. The normalized spacial score (nSPS) is 11.9. The zero-order valence-electron chi connectivity index (χ0n) is 15.7. The number of nitrogens with zero attached hydrogens (tertiary/aromatic N) is 3. The third-order valence-corrected chi connectivity index (χ3v) is 4.30. The van der Waals surface area contributed by atoms with Crippen molar-refractivity contribution in [1.29, 1.82) is 0 Å². The van der Waals surface area contributed by atoms with E-state index in [1.54, 1.807) is 0 Å². The monoisotopic (exact) mass is 458 g/mol. The van der Waals surface area contributed by atoms with Gasteiger partial charge in [0.05, 0.1) is 22.2 Å². The number of alkyl halides is 6. The van der Waals surface area contributed by atoms with Gasteiger partial charge >= 0.3 is 12.4 Å². The molecule has 0 atom stereocenters. The maximum absolute atomic E-state index is 13.7. The van der Waals surface area contributed by atoms with Crippen molar-refractivity contribution >= 4 is 11.6 Å². The fraction of sp³-hybridized carbons (Fsp3) is 0.158. The number of carbonyl (C=O) groups excluding carboxylic acids is 1. The summed E-state index contributed by atoms with van der Waals surface area (Å²) in [5, 5.41) is 16.8. The molecule has 0 saturated heterocycles. The van der Waals surface area contributed by atoms with Crippen LogP contribution in [0.15, 0.2) is 54.7 Å². The first-order valence-electron chi connectivity index (χ1n) is 8.73. The molecule has 0 aliphatic rings. The number of para-hydroxylation sites is 2. The van der Waals surface area contributed by atoms with Crippen LogP contribution in [0.3, 0.4) is 0 Å². The predicted octanol–water partition coefficient (Wildman–Crippen LogP) is 4.75. The van der Waals surface area contributed by atoms with Crippen molar-refractivity contribution in [3.8, 4) is 5.69 Å². The number of halogens is 6. The number of carbonyl (C=O) groups is 1. The second-order valence-corrected chi connectivity index (χ2v) is 6.44. The molecule has 0 fully saturated rings. The lowest BCUT2D eigenvalue weighted by Gasteiger charge is -2.13. The van der Waals surface area contributed by atoms with Crippen LogP contribution in [-0.2, 0) is 18.9 Å². The lowest BCUT2D eigenvalue weighted by molar-refractivity contribution is -0.384. The van der Waals surface area contributed by atoms with Crippen LogP contribution in [-0.4, -0.2) is 20.6 Å². The second kappa shape index (κ2) is 8.32. The Labute approximate surface area is 175 Å². The average molecular weight is 458 g/mol. The Kier molecular flexibility index (Phi) is 5.92. The van der Waals surface area contributed by atoms with Gasteiger partial charge < -0.3 is 5.32 Å². The summed E-state index contributed by atoms with van der Waals surface area (Å²) in [6.07, 6.45) is -9.17.